The van der Waals surface area contributed by atoms with Crippen molar-refractivity contribution in [1.82, 2.24) is 0 Å². The van der Waals surface area contributed by atoms with E-state index in [1.807, 2.05) is 0 Å². The molecule has 2 aromatic rings. The Bertz CT molecular complexity index is 735. The molecule has 0 aliphatic carbocycles. The maximum Gasteiger partial charge on any atom is 0.244 e. The van der Waals surface area contributed by atoms with E-state index in [0.29, 0.717) is 10.7 Å². The van der Waals surface area contributed by atoms with E-state index in [1.165, 1.54) is 13.0 Å². The lowest BCUT2D eigenvalue weighted by Gasteiger charge is -2.20. The average Bonchev–Trinajstić information content (AvgIpc) is 2.50. The number of carbonyl (C=O) groups is 2. The molecule has 0 saturated heterocycles. The first-order chi connectivity index (χ1) is 10.9. The summed E-state index contributed by atoms with van der Waals surface area (Å²) in [4.78, 5) is 24.8. The fraction of sp³-hybridized carbons (Fsp3) is 0.125. The van der Waals surface area contributed by atoms with E-state index in [-0.39, 0.29) is 12.2 Å². The Morgan fingerprint density at radius 3 is 2.30 bits per heavy atom. The minimum atomic E-state index is -1.09. The third-order valence-corrected chi connectivity index (χ3v) is 3.28. The molecule has 0 saturated carbocycles. The monoisotopic (exact) mass is 338 g/mol. The molecular weight excluding hydrogens is 326 g/mol. The zero-order valence-electron chi connectivity index (χ0n) is 12.1. The number of hydrogen-bond donors (Lipinski definition) is 1. The second-order valence-electron chi connectivity index (χ2n) is 4.76. The van der Waals surface area contributed by atoms with Crippen molar-refractivity contribution in [3.8, 4) is 0 Å². The van der Waals surface area contributed by atoms with Crippen LogP contribution in [0.15, 0.2) is 42.5 Å². The van der Waals surface area contributed by atoms with E-state index in [1.54, 1.807) is 24.3 Å². The summed E-state index contributed by atoms with van der Waals surface area (Å²) in [6.45, 7) is 0.903. The summed E-state index contributed by atoms with van der Waals surface area (Å²) in [7, 11) is 0. The molecule has 0 fully saturated rings. The molecule has 0 bridgehead atoms. The Morgan fingerprint density at radius 1 is 1.09 bits per heavy atom. The molecule has 0 unspecified atom stereocenters. The molecular formula is C16H13ClF2N2O2. The van der Waals surface area contributed by atoms with Crippen molar-refractivity contribution in [2.45, 2.75) is 6.92 Å². The van der Waals surface area contributed by atoms with Gasteiger partial charge in [0.25, 0.3) is 0 Å². The van der Waals surface area contributed by atoms with Crippen molar-refractivity contribution in [2.75, 3.05) is 16.8 Å². The Kier molecular flexibility index (Phi) is 5.28. The molecule has 2 rings (SSSR count). The van der Waals surface area contributed by atoms with Gasteiger partial charge in [0.2, 0.25) is 11.8 Å². The molecule has 120 valence electrons. The molecule has 0 heterocycles. The number of rotatable bonds is 4. The molecule has 0 aliphatic heterocycles. The third-order valence-electron chi connectivity index (χ3n) is 3.02. The van der Waals surface area contributed by atoms with Gasteiger partial charge in [-0.3, -0.25) is 9.59 Å². The molecule has 1 N–H and O–H groups in total. The highest BCUT2D eigenvalue weighted by atomic mass is 35.5. The van der Waals surface area contributed by atoms with E-state index >= 15 is 0 Å². The Morgan fingerprint density at radius 2 is 1.74 bits per heavy atom. The number of halogens is 3. The van der Waals surface area contributed by atoms with Gasteiger partial charge in [-0.1, -0.05) is 11.6 Å². The number of nitrogens with zero attached hydrogens (tertiary/aromatic N) is 1. The standard InChI is InChI=1S/C16H13ClF2N2O2/c1-10(22)21(13-6-7-14(18)15(19)8-13)9-16(23)20-12-4-2-11(17)3-5-12/h2-8H,9H2,1H3,(H,20,23). The predicted octanol–water partition coefficient (Wildman–Crippen LogP) is 3.61. The van der Waals surface area contributed by atoms with E-state index < -0.39 is 23.4 Å². The average molecular weight is 339 g/mol. The molecule has 0 radical (unpaired) electrons. The fourth-order valence-electron chi connectivity index (χ4n) is 1.91. The van der Waals surface area contributed by atoms with Crippen LogP contribution in [-0.2, 0) is 9.59 Å². The number of amides is 2. The second kappa shape index (κ2) is 7.19. The largest absolute Gasteiger partial charge is 0.325 e. The van der Waals surface area contributed by atoms with Crippen LogP contribution in [0.3, 0.4) is 0 Å². The van der Waals surface area contributed by atoms with E-state index in [0.717, 1.165) is 17.0 Å². The molecule has 0 aromatic heterocycles. The van der Waals surface area contributed by atoms with Gasteiger partial charge in [0, 0.05) is 29.4 Å². The first-order valence-electron chi connectivity index (χ1n) is 6.65. The van der Waals surface area contributed by atoms with Crippen LogP contribution < -0.4 is 10.2 Å². The molecule has 4 nitrogen and oxygen atoms in total. The highest BCUT2D eigenvalue weighted by Crippen LogP contribution is 2.19. The number of hydrogen-bond acceptors (Lipinski definition) is 2. The number of carbonyl (C=O) groups excluding carboxylic acids is 2. The highest BCUT2D eigenvalue weighted by molar-refractivity contribution is 6.30. The summed E-state index contributed by atoms with van der Waals surface area (Å²) in [6, 6.07) is 9.43. The molecule has 7 heteroatoms. The van der Waals surface area contributed by atoms with Gasteiger partial charge < -0.3 is 10.2 Å². The lowest BCUT2D eigenvalue weighted by molar-refractivity contribution is -0.120. The van der Waals surface area contributed by atoms with Crippen molar-refractivity contribution >= 4 is 34.8 Å². The van der Waals surface area contributed by atoms with Gasteiger partial charge in [0.1, 0.15) is 6.54 Å². The van der Waals surface area contributed by atoms with Gasteiger partial charge >= 0.3 is 0 Å². The second-order valence-corrected chi connectivity index (χ2v) is 5.20. The van der Waals surface area contributed by atoms with Crippen LogP contribution >= 0.6 is 11.6 Å². The van der Waals surface area contributed by atoms with Gasteiger partial charge in [0.05, 0.1) is 0 Å². The summed E-state index contributed by atoms with van der Waals surface area (Å²) < 4.78 is 26.3. The van der Waals surface area contributed by atoms with Crippen molar-refractivity contribution in [3.05, 3.63) is 59.1 Å². The Balaban J connectivity index is 2.12. The highest BCUT2D eigenvalue weighted by Gasteiger charge is 2.17. The normalized spacial score (nSPS) is 10.3. The van der Waals surface area contributed by atoms with Crippen molar-refractivity contribution in [2.24, 2.45) is 0 Å². The summed E-state index contributed by atoms with van der Waals surface area (Å²) in [5, 5.41) is 3.11. The minimum Gasteiger partial charge on any atom is -0.325 e. The third kappa shape index (κ3) is 4.50. The van der Waals surface area contributed by atoms with E-state index in [9.17, 15) is 18.4 Å². The SMILES string of the molecule is CC(=O)N(CC(=O)Nc1ccc(Cl)cc1)c1ccc(F)c(F)c1. The quantitative estimate of drug-likeness (QED) is 0.925. The number of anilines is 2. The van der Waals surface area contributed by atoms with Crippen molar-refractivity contribution in [1.29, 1.82) is 0 Å². The lowest BCUT2D eigenvalue weighted by atomic mass is 10.2. The topological polar surface area (TPSA) is 49.4 Å². The van der Waals surface area contributed by atoms with Gasteiger partial charge in [-0.25, -0.2) is 8.78 Å². The first-order valence-corrected chi connectivity index (χ1v) is 7.03. The van der Waals surface area contributed by atoms with Crippen LogP contribution in [-0.4, -0.2) is 18.4 Å². The summed E-state index contributed by atoms with van der Waals surface area (Å²) in [5.74, 6) is -3.07. The number of nitrogens with one attached hydrogen (secondary N) is 1. The van der Waals surface area contributed by atoms with Crippen molar-refractivity contribution < 1.29 is 18.4 Å². The van der Waals surface area contributed by atoms with Crippen LogP contribution in [0.25, 0.3) is 0 Å². The van der Waals surface area contributed by atoms with Crippen LogP contribution in [0, 0.1) is 11.6 Å². The van der Waals surface area contributed by atoms with Crippen LogP contribution in [0.5, 0.6) is 0 Å². The fourth-order valence-corrected chi connectivity index (χ4v) is 2.04. The summed E-state index contributed by atoms with van der Waals surface area (Å²) in [5.41, 5.74) is 0.607. The Hall–Kier alpha value is -2.47. The first kappa shape index (κ1) is 16.9. The van der Waals surface area contributed by atoms with E-state index in [2.05, 4.69) is 5.32 Å². The van der Waals surface area contributed by atoms with Gasteiger partial charge in [-0.05, 0) is 36.4 Å². The smallest absolute Gasteiger partial charge is 0.244 e. The minimum absolute atomic E-state index is 0.0997. The molecule has 2 aromatic carbocycles. The molecule has 23 heavy (non-hydrogen) atoms. The maximum atomic E-state index is 13.3. The zero-order valence-corrected chi connectivity index (χ0v) is 12.9. The van der Waals surface area contributed by atoms with Crippen LogP contribution in [0.2, 0.25) is 5.02 Å². The van der Waals surface area contributed by atoms with Gasteiger partial charge in [-0.2, -0.15) is 0 Å². The maximum absolute atomic E-state index is 13.3. The molecule has 0 spiro atoms. The predicted molar refractivity (Wildman–Crippen MR) is 84.5 cm³/mol. The Labute approximate surface area is 136 Å². The van der Waals surface area contributed by atoms with Crippen molar-refractivity contribution in [3.63, 3.8) is 0 Å². The van der Waals surface area contributed by atoms with Crippen LogP contribution in [0.4, 0.5) is 20.2 Å². The summed E-state index contributed by atoms with van der Waals surface area (Å²) >= 11 is 5.75. The molecule has 2 amide bonds. The molecule has 0 aliphatic rings. The van der Waals surface area contributed by atoms with E-state index in [4.69, 9.17) is 11.6 Å². The van der Waals surface area contributed by atoms with Gasteiger partial charge in [0.15, 0.2) is 11.6 Å². The zero-order chi connectivity index (χ0) is 17.0. The van der Waals surface area contributed by atoms with Gasteiger partial charge in [-0.15, -0.1) is 0 Å². The summed E-state index contributed by atoms with van der Waals surface area (Å²) in [6.07, 6.45) is 0. The van der Waals surface area contributed by atoms with Crippen LogP contribution in [0.1, 0.15) is 6.92 Å². The lowest BCUT2D eigenvalue weighted by Crippen LogP contribution is -2.36. The molecule has 0 atom stereocenters. The number of benzene rings is 2.